The predicted octanol–water partition coefficient (Wildman–Crippen LogP) is 4.37. The van der Waals surface area contributed by atoms with Gasteiger partial charge in [0.15, 0.2) is 0 Å². The highest BCUT2D eigenvalue weighted by molar-refractivity contribution is 5.95. The molecule has 0 bridgehead atoms. The van der Waals surface area contributed by atoms with Crippen molar-refractivity contribution in [3.8, 4) is 11.5 Å². The van der Waals surface area contributed by atoms with E-state index >= 15 is 0 Å². The number of hydrogen-bond donors (Lipinski definition) is 2. The SMILES string of the molecule is CCCOC(=O)C1=C(C)NC(=O)NC1c1ccc(Oc2ccccc2C)cc1. The third-order valence-electron chi connectivity index (χ3n) is 4.46. The van der Waals surface area contributed by atoms with Crippen molar-refractivity contribution in [3.05, 3.63) is 70.9 Å². The summed E-state index contributed by atoms with van der Waals surface area (Å²) in [6.45, 7) is 5.94. The van der Waals surface area contributed by atoms with Crippen molar-refractivity contribution in [1.82, 2.24) is 10.6 Å². The van der Waals surface area contributed by atoms with E-state index in [9.17, 15) is 9.59 Å². The number of rotatable bonds is 6. The Morgan fingerprint density at radius 2 is 1.79 bits per heavy atom. The van der Waals surface area contributed by atoms with Gasteiger partial charge in [-0.2, -0.15) is 0 Å². The van der Waals surface area contributed by atoms with Crippen molar-refractivity contribution in [1.29, 1.82) is 0 Å². The Kier molecular flexibility index (Phi) is 5.99. The van der Waals surface area contributed by atoms with Crippen molar-refractivity contribution in [2.45, 2.75) is 33.2 Å². The van der Waals surface area contributed by atoms with E-state index in [1.54, 1.807) is 6.92 Å². The van der Waals surface area contributed by atoms with E-state index in [2.05, 4.69) is 10.6 Å². The van der Waals surface area contributed by atoms with E-state index in [-0.39, 0.29) is 6.03 Å². The van der Waals surface area contributed by atoms with Crippen LogP contribution >= 0.6 is 0 Å². The predicted molar refractivity (Wildman–Crippen MR) is 106 cm³/mol. The van der Waals surface area contributed by atoms with E-state index in [0.29, 0.717) is 23.6 Å². The van der Waals surface area contributed by atoms with Crippen LogP contribution in [0, 0.1) is 6.92 Å². The van der Waals surface area contributed by atoms with Crippen molar-refractivity contribution in [2.24, 2.45) is 0 Å². The van der Waals surface area contributed by atoms with Gasteiger partial charge in [-0.1, -0.05) is 37.3 Å². The highest BCUT2D eigenvalue weighted by Crippen LogP contribution is 2.30. The molecule has 2 N–H and O–H groups in total. The van der Waals surface area contributed by atoms with E-state index < -0.39 is 12.0 Å². The molecular formula is C22H24N2O4. The first-order chi connectivity index (χ1) is 13.5. The standard InChI is InChI=1S/C22H24N2O4/c1-4-13-27-21(25)19-15(3)23-22(26)24-20(19)16-9-11-17(12-10-16)28-18-8-6-5-7-14(18)2/h5-12,20H,4,13H2,1-3H3,(H2,23,24,26). The average molecular weight is 380 g/mol. The molecule has 2 aromatic rings. The molecule has 1 heterocycles. The molecule has 1 aliphatic rings. The minimum Gasteiger partial charge on any atom is -0.462 e. The summed E-state index contributed by atoms with van der Waals surface area (Å²) in [6, 6.07) is 14.2. The van der Waals surface area contributed by atoms with Gasteiger partial charge in [0.25, 0.3) is 0 Å². The second-order valence-corrected chi connectivity index (χ2v) is 6.64. The van der Waals surface area contributed by atoms with Crippen LogP contribution < -0.4 is 15.4 Å². The van der Waals surface area contributed by atoms with Crippen LogP contribution in [0.4, 0.5) is 4.79 Å². The van der Waals surface area contributed by atoms with Gasteiger partial charge in [0.1, 0.15) is 11.5 Å². The number of esters is 1. The van der Waals surface area contributed by atoms with Crippen LogP contribution in [0.3, 0.4) is 0 Å². The van der Waals surface area contributed by atoms with Gasteiger partial charge in [-0.25, -0.2) is 9.59 Å². The number of carbonyl (C=O) groups is 2. The molecule has 0 spiro atoms. The normalized spacial score (nSPS) is 16.2. The molecular weight excluding hydrogens is 356 g/mol. The third-order valence-corrected chi connectivity index (χ3v) is 4.46. The average Bonchev–Trinajstić information content (AvgIpc) is 2.68. The summed E-state index contributed by atoms with van der Waals surface area (Å²) >= 11 is 0. The fourth-order valence-electron chi connectivity index (χ4n) is 3.01. The van der Waals surface area contributed by atoms with Gasteiger partial charge in [0.2, 0.25) is 0 Å². The summed E-state index contributed by atoms with van der Waals surface area (Å²) in [7, 11) is 0. The Balaban J connectivity index is 1.84. The van der Waals surface area contributed by atoms with Crippen molar-refractivity contribution in [3.63, 3.8) is 0 Å². The number of hydrogen-bond acceptors (Lipinski definition) is 4. The molecule has 3 rings (SSSR count). The second-order valence-electron chi connectivity index (χ2n) is 6.64. The molecule has 0 fully saturated rings. The Hall–Kier alpha value is -3.28. The van der Waals surface area contributed by atoms with Gasteiger partial charge in [-0.15, -0.1) is 0 Å². The van der Waals surface area contributed by atoms with Crippen molar-refractivity contribution >= 4 is 12.0 Å². The van der Waals surface area contributed by atoms with Crippen LogP contribution in [0.2, 0.25) is 0 Å². The number of urea groups is 1. The fraction of sp³-hybridized carbons (Fsp3) is 0.273. The van der Waals surface area contributed by atoms with Crippen LogP contribution in [0.5, 0.6) is 11.5 Å². The van der Waals surface area contributed by atoms with Crippen LogP contribution in [0.1, 0.15) is 37.4 Å². The monoisotopic (exact) mass is 380 g/mol. The van der Waals surface area contributed by atoms with E-state index in [1.165, 1.54) is 0 Å². The van der Waals surface area contributed by atoms with Gasteiger partial charge in [0.05, 0.1) is 18.2 Å². The first-order valence-electron chi connectivity index (χ1n) is 9.28. The number of para-hydroxylation sites is 1. The summed E-state index contributed by atoms with van der Waals surface area (Å²) in [4.78, 5) is 24.5. The molecule has 28 heavy (non-hydrogen) atoms. The highest BCUT2D eigenvalue weighted by atomic mass is 16.5. The molecule has 0 aromatic heterocycles. The number of benzene rings is 2. The molecule has 1 atom stereocenters. The van der Waals surface area contributed by atoms with E-state index in [4.69, 9.17) is 9.47 Å². The Labute approximate surface area is 164 Å². The van der Waals surface area contributed by atoms with Gasteiger partial charge >= 0.3 is 12.0 Å². The molecule has 0 radical (unpaired) electrons. The number of aryl methyl sites for hydroxylation is 1. The Bertz CT molecular complexity index is 903. The zero-order valence-electron chi connectivity index (χ0n) is 16.2. The van der Waals surface area contributed by atoms with Crippen molar-refractivity contribution < 1.29 is 19.1 Å². The zero-order chi connectivity index (χ0) is 20.1. The third kappa shape index (κ3) is 4.34. The lowest BCUT2D eigenvalue weighted by Gasteiger charge is -2.28. The first kappa shape index (κ1) is 19.5. The number of amides is 2. The molecule has 1 aliphatic heterocycles. The van der Waals surface area contributed by atoms with Crippen LogP contribution in [0.25, 0.3) is 0 Å². The quantitative estimate of drug-likeness (QED) is 0.730. The molecule has 6 nitrogen and oxygen atoms in total. The number of nitrogens with one attached hydrogen (secondary N) is 2. The zero-order valence-corrected chi connectivity index (χ0v) is 16.2. The largest absolute Gasteiger partial charge is 0.462 e. The highest BCUT2D eigenvalue weighted by Gasteiger charge is 2.32. The second kappa shape index (κ2) is 8.61. The lowest BCUT2D eigenvalue weighted by Crippen LogP contribution is -2.45. The molecule has 0 aliphatic carbocycles. The van der Waals surface area contributed by atoms with Crippen LogP contribution in [-0.4, -0.2) is 18.6 Å². The maximum absolute atomic E-state index is 12.5. The topological polar surface area (TPSA) is 76.7 Å². The molecule has 1 unspecified atom stereocenters. The smallest absolute Gasteiger partial charge is 0.338 e. The first-order valence-corrected chi connectivity index (χ1v) is 9.28. The number of ether oxygens (including phenoxy) is 2. The molecule has 0 saturated carbocycles. The van der Waals surface area contributed by atoms with Crippen molar-refractivity contribution in [2.75, 3.05) is 6.61 Å². The van der Waals surface area contributed by atoms with Crippen LogP contribution in [-0.2, 0) is 9.53 Å². The number of allylic oxidation sites excluding steroid dienone is 1. The van der Waals surface area contributed by atoms with Crippen LogP contribution in [0.15, 0.2) is 59.8 Å². The molecule has 2 aromatic carbocycles. The summed E-state index contributed by atoms with van der Waals surface area (Å²) in [6.07, 6.45) is 0.730. The maximum atomic E-state index is 12.5. The lowest BCUT2D eigenvalue weighted by atomic mass is 9.95. The number of carbonyl (C=O) groups excluding carboxylic acids is 2. The minimum atomic E-state index is -0.578. The van der Waals surface area contributed by atoms with Gasteiger partial charge in [-0.05, 0) is 49.6 Å². The van der Waals surface area contributed by atoms with Gasteiger partial charge in [-0.3, -0.25) is 0 Å². The van der Waals surface area contributed by atoms with E-state index in [0.717, 1.165) is 23.3 Å². The lowest BCUT2D eigenvalue weighted by molar-refractivity contribution is -0.139. The summed E-state index contributed by atoms with van der Waals surface area (Å²) in [5.41, 5.74) is 2.71. The van der Waals surface area contributed by atoms with E-state index in [1.807, 2.05) is 62.4 Å². The summed E-state index contributed by atoms with van der Waals surface area (Å²) in [5.74, 6) is 1.02. The fourth-order valence-corrected chi connectivity index (χ4v) is 3.01. The Morgan fingerprint density at radius 3 is 2.46 bits per heavy atom. The Morgan fingerprint density at radius 1 is 1.07 bits per heavy atom. The maximum Gasteiger partial charge on any atom is 0.338 e. The molecule has 146 valence electrons. The molecule has 2 amide bonds. The minimum absolute atomic E-state index is 0.333. The van der Waals surface area contributed by atoms with Gasteiger partial charge in [0, 0.05) is 5.70 Å². The summed E-state index contributed by atoms with van der Waals surface area (Å²) < 4.78 is 11.2. The molecule has 0 saturated heterocycles. The molecule has 6 heteroatoms. The van der Waals surface area contributed by atoms with Gasteiger partial charge < -0.3 is 20.1 Å². The summed E-state index contributed by atoms with van der Waals surface area (Å²) in [5, 5.41) is 5.44.